The summed E-state index contributed by atoms with van der Waals surface area (Å²) in [5, 5.41) is 3.24. The minimum atomic E-state index is -0.0327. The molecule has 5 heteroatoms. The molecule has 0 radical (unpaired) electrons. The molecule has 0 saturated carbocycles. The Morgan fingerprint density at radius 2 is 2.09 bits per heavy atom. The Hall–Kier alpha value is -1.52. The van der Waals surface area contributed by atoms with E-state index in [2.05, 4.69) is 28.2 Å². The summed E-state index contributed by atoms with van der Waals surface area (Å²) in [6.45, 7) is 2.43. The molecule has 0 aliphatic carbocycles. The van der Waals surface area contributed by atoms with Crippen molar-refractivity contribution in [2.45, 2.75) is 26.4 Å². The third-order valence-electron chi connectivity index (χ3n) is 3.62. The molecular weight excluding hydrogens is 378 g/mol. The van der Waals surface area contributed by atoms with Gasteiger partial charge in [-0.15, -0.1) is 0 Å². The number of amides is 1. The van der Waals surface area contributed by atoms with Crippen molar-refractivity contribution in [3.8, 4) is 5.75 Å². The zero-order valence-corrected chi connectivity index (χ0v) is 15.5. The number of nitrogens with one attached hydrogen (secondary N) is 1. The highest BCUT2D eigenvalue weighted by Gasteiger charge is 2.12. The number of rotatable bonds is 6. The van der Waals surface area contributed by atoms with Gasteiger partial charge in [-0.2, -0.15) is 0 Å². The summed E-state index contributed by atoms with van der Waals surface area (Å²) in [6, 6.07) is 11.6. The second-order valence-corrected chi connectivity index (χ2v) is 6.40. The van der Waals surface area contributed by atoms with Crippen LogP contribution in [-0.4, -0.2) is 13.0 Å². The largest absolute Gasteiger partial charge is 0.487 e. The Bertz CT molecular complexity index is 703. The Morgan fingerprint density at radius 1 is 1.30 bits per heavy atom. The van der Waals surface area contributed by atoms with Gasteiger partial charge in [0, 0.05) is 17.1 Å². The summed E-state index contributed by atoms with van der Waals surface area (Å²) < 4.78 is 6.78. The quantitative estimate of drug-likeness (QED) is 0.779. The molecular formula is C18H19BrClNO2. The predicted molar refractivity (Wildman–Crippen MR) is 97.1 cm³/mol. The standard InChI is InChI=1S/C18H19BrClNO2/c1-3-12-7-8-17(16(20)9-12)23-11-14-13(10-18(22)21-2)5-4-6-15(14)19/h4-9H,3,10-11H2,1-2H3,(H,21,22). The van der Waals surface area contributed by atoms with Gasteiger partial charge in [-0.3, -0.25) is 4.79 Å². The minimum absolute atomic E-state index is 0.0327. The zero-order valence-electron chi connectivity index (χ0n) is 13.2. The van der Waals surface area contributed by atoms with E-state index in [0.717, 1.165) is 22.0 Å². The molecule has 1 amide bonds. The van der Waals surface area contributed by atoms with Crippen LogP contribution < -0.4 is 10.1 Å². The lowest BCUT2D eigenvalue weighted by molar-refractivity contribution is -0.119. The van der Waals surface area contributed by atoms with Gasteiger partial charge in [-0.1, -0.05) is 52.7 Å². The highest BCUT2D eigenvalue weighted by atomic mass is 79.9. The van der Waals surface area contributed by atoms with Crippen LogP contribution >= 0.6 is 27.5 Å². The first-order chi connectivity index (χ1) is 11.0. The first kappa shape index (κ1) is 17.8. The number of carbonyl (C=O) groups excluding carboxylic acids is 1. The Morgan fingerprint density at radius 3 is 2.74 bits per heavy atom. The molecule has 0 fully saturated rings. The van der Waals surface area contributed by atoms with E-state index in [1.54, 1.807) is 7.05 Å². The van der Waals surface area contributed by atoms with Crippen molar-refractivity contribution in [3.05, 3.63) is 62.6 Å². The van der Waals surface area contributed by atoms with Crippen molar-refractivity contribution in [2.75, 3.05) is 7.05 Å². The predicted octanol–water partition coefficient (Wildman–Crippen LogP) is 4.53. The first-order valence-corrected chi connectivity index (χ1v) is 8.60. The van der Waals surface area contributed by atoms with E-state index >= 15 is 0 Å². The topological polar surface area (TPSA) is 38.3 Å². The molecule has 2 aromatic carbocycles. The number of carbonyl (C=O) groups is 1. The fraction of sp³-hybridized carbons (Fsp3) is 0.278. The number of aryl methyl sites for hydroxylation is 1. The van der Waals surface area contributed by atoms with E-state index in [1.165, 1.54) is 5.56 Å². The summed E-state index contributed by atoms with van der Waals surface area (Å²) in [7, 11) is 1.63. The average molecular weight is 397 g/mol. The summed E-state index contributed by atoms with van der Waals surface area (Å²) >= 11 is 9.79. The number of hydrogen-bond acceptors (Lipinski definition) is 2. The first-order valence-electron chi connectivity index (χ1n) is 7.43. The fourth-order valence-electron chi connectivity index (χ4n) is 2.22. The molecule has 122 valence electrons. The van der Waals surface area contributed by atoms with E-state index in [9.17, 15) is 4.79 Å². The maximum absolute atomic E-state index is 11.7. The second kappa shape index (κ2) is 8.37. The van der Waals surface area contributed by atoms with Crippen LogP contribution in [0.3, 0.4) is 0 Å². The highest BCUT2D eigenvalue weighted by Crippen LogP contribution is 2.28. The second-order valence-electron chi connectivity index (χ2n) is 5.13. The van der Waals surface area contributed by atoms with E-state index in [4.69, 9.17) is 16.3 Å². The van der Waals surface area contributed by atoms with Gasteiger partial charge in [-0.05, 0) is 35.7 Å². The molecule has 0 bridgehead atoms. The maximum atomic E-state index is 11.7. The third-order valence-corrected chi connectivity index (χ3v) is 4.66. The maximum Gasteiger partial charge on any atom is 0.224 e. The molecule has 2 aromatic rings. The summed E-state index contributed by atoms with van der Waals surface area (Å²) in [6.07, 6.45) is 1.25. The van der Waals surface area contributed by atoms with Crippen molar-refractivity contribution in [1.29, 1.82) is 0 Å². The van der Waals surface area contributed by atoms with Gasteiger partial charge in [0.25, 0.3) is 0 Å². The van der Waals surface area contributed by atoms with E-state index in [-0.39, 0.29) is 5.91 Å². The Kier molecular flexibility index (Phi) is 6.48. The van der Waals surface area contributed by atoms with Gasteiger partial charge in [-0.25, -0.2) is 0 Å². The smallest absolute Gasteiger partial charge is 0.224 e. The van der Waals surface area contributed by atoms with E-state index in [1.807, 2.05) is 36.4 Å². The van der Waals surface area contributed by atoms with Crippen LogP contribution in [0.25, 0.3) is 0 Å². The van der Waals surface area contributed by atoms with Gasteiger partial charge >= 0.3 is 0 Å². The van der Waals surface area contributed by atoms with Crippen LogP contribution in [0.2, 0.25) is 5.02 Å². The van der Waals surface area contributed by atoms with Gasteiger partial charge in [0.2, 0.25) is 5.91 Å². The molecule has 23 heavy (non-hydrogen) atoms. The molecule has 0 aliphatic heterocycles. The fourth-order valence-corrected chi connectivity index (χ4v) is 3.00. The van der Waals surface area contributed by atoms with E-state index < -0.39 is 0 Å². The molecule has 0 aliphatic rings. The third kappa shape index (κ3) is 4.72. The molecule has 0 heterocycles. The molecule has 0 saturated heterocycles. The van der Waals surface area contributed by atoms with Crippen molar-refractivity contribution in [2.24, 2.45) is 0 Å². The minimum Gasteiger partial charge on any atom is -0.487 e. The number of benzene rings is 2. The number of hydrogen-bond donors (Lipinski definition) is 1. The van der Waals surface area contributed by atoms with Crippen molar-refractivity contribution in [3.63, 3.8) is 0 Å². The Labute approximate surface area is 150 Å². The molecule has 1 N–H and O–H groups in total. The van der Waals surface area contributed by atoms with Gasteiger partial charge in [0.05, 0.1) is 11.4 Å². The average Bonchev–Trinajstić information content (AvgIpc) is 2.55. The molecule has 3 nitrogen and oxygen atoms in total. The van der Waals surface area contributed by atoms with Crippen molar-refractivity contribution in [1.82, 2.24) is 5.32 Å². The van der Waals surface area contributed by atoms with Crippen LogP contribution in [0.1, 0.15) is 23.6 Å². The van der Waals surface area contributed by atoms with Crippen LogP contribution in [0.5, 0.6) is 5.75 Å². The SMILES string of the molecule is CCc1ccc(OCc2c(Br)cccc2CC(=O)NC)c(Cl)c1. The number of ether oxygens (including phenoxy) is 1. The van der Waals surface area contributed by atoms with Crippen molar-refractivity contribution >= 4 is 33.4 Å². The van der Waals surface area contributed by atoms with Gasteiger partial charge in [0.1, 0.15) is 12.4 Å². The lowest BCUT2D eigenvalue weighted by Crippen LogP contribution is -2.21. The molecule has 0 atom stereocenters. The lowest BCUT2D eigenvalue weighted by atomic mass is 10.0. The highest BCUT2D eigenvalue weighted by molar-refractivity contribution is 9.10. The Balaban J connectivity index is 2.18. The van der Waals surface area contributed by atoms with Gasteiger partial charge < -0.3 is 10.1 Å². The summed E-state index contributed by atoms with van der Waals surface area (Å²) in [5.41, 5.74) is 3.05. The molecule has 0 spiro atoms. The van der Waals surface area contributed by atoms with Gasteiger partial charge in [0.15, 0.2) is 0 Å². The summed E-state index contributed by atoms with van der Waals surface area (Å²) in [5.74, 6) is 0.611. The van der Waals surface area contributed by atoms with Crippen molar-refractivity contribution < 1.29 is 9.53 Å². The van der Waals surface area contributed by atoms with Crippen LogP contribution in [0.15, 0.2) is 40.9 Å². The number of halogens is 2. The lowest BCUT2D eigenvalue weighted by Gasteiger charge is -2.14. The molecule has 2 rings (SSSR count). The molecule has 0 aromatic heterocycles. The zero-order chi connectivity index (χ0) is 16.8. The van der Waals surface area contributed by atoms with Crippen LogP contribution in [0.4, 0.5) is 0 Å². The van der Waals surface area contributed by atoms with E-state index in [0.29, 0.717) is 23.8 Å². The normalized spacial score (nSPS) is 10.4. The molecule has 0 unspecified atom stereocenters. The number of likely N-dealkylation sites (N-methyl/N-ethyl adjacent to an activating group) is 1. The monoisotopic (exact) mass is 395 g/mol. The summed E-state index contributed by atoms with van der Waals surface area (Å²) in [4.78, 5) is 11.7. The van der Waals surface area contributed by atoms with Crippen LogP contribution in [0, 0.1) is 0 Å². The van der Waals surface area contributed by atoms with Crippen LogP contribution in [-0.2, 0) is 24.2 Å².